The van der Waals surface area contributed by atoms with Crippen LogP contribution in [0, 0.1) is 0 Å². The Labute approximate surface area is 81.9 Å². The average molecular weight is 220 g/mol. The number of hydrogen-bond acceptors (Lipinski definition) is 4. The van der Waals surface area contributed by atoms with Gasteiger partial charge in [-0.2, -0.15) is 0 Å². The molecule has 0 atom stereocenters. The molecule has 1 heterocycles. The lowest BCUT2D eigenvalue weighted by atomic mass is 10.2. The van der Waals surface area contributed by atoms with Crippen molar-refractivity contribution in [1.82, 2.24) is 4.98 Å². The summed E-state index contributed by atoms with van der Waals surface area (Å²) in [7, 11) is -3.45. The summed E-state index contributed by atoms with van der Waals surface area (Å²) < 4.78 is 21.4. The van der Waals surface area contributed by atoms with Crippen molar-refractivity contribution in [1.29, 1.82) is 0 Å². The van der Waals surface area contributed by atoms with E-state index in [4.69, 9.17) is 5.14 Å². The lowest BCUT2D eigenvalue weighted by Crippen LogP contribution is -2.14. The number of primary sulfonamides is 1. The molecule has 0 bridgehead atoms. The Balaban J connectivity index is 2.81. The Kier molecular flexibility index (Phi) is 3.05. The second kappa shape index (κ2) is 3.73. The highest BCUT2D eigenvalue weighted by molar-refractivity contribution is 7.88. The molecule has 0 radical (unpaired) electrons. The quantitative estimate of drug-likeness (QED) is 0.827. The van der Waals surface area contributed by atoms with Crippen LogP contribution in [0.1, 0.15) is 30.5 Å². The van der Waals surface area contributed by atoms with Crippen LogP contribution in [0.25, 0.3) is 0 Å². The fourth-order valence-corrected chi connectivity index (χ4v) is 2.36. The number of sulfonamides is 1. The molecule has 0 fully saturated rings. The molecular weight excluding hydrogens is 208 g/mol. The molecule has 0 aliphatic carbocycles. The van der Waals surface area contributed by atoms with Crippen LogP contribution in [-0.2, 0) is 15.8 Å². The Morgan fingerprint density at radius 3 is 2.62 bits per heavy atom. The van der Waals surface area contributed by atoms with Gasteiger partial charge in [0.2, 0.25) is 10.0 Å². The van der Waals surface area contributed by atoms with Crippen molar-refractivity contribution in [3.8, 4) is 0 Å². The van der Waals surface area contributed by atoms with E-state index in [0.29, 0.717) is 11.6 Å². The van der Waals surface area contributed by atoms with Crippen molar-refractivity contribution < 1.29 is 8.42 Å². The molecule has 2 N–H and O–H groups in total. The summed E-state index contributed by atoms with van der Waals surface area (Å²) in [5.74, 6) is 0.162. The van der Waals surface area contributed by atoms with Gasteiger partial charge in [0.25, 0.3) is 0 Å². The molecule has 74 valence electrons. The molecule has 0 aliphatic rings. The molecular formula is C7H12N2O2S2. The average Bonchev–Trinajstić information content (AvgIpc) is 2.31. The summed E-state index contributed by atoms with van der Waals surface area (Å²) in [5, 5.41) is 7.57. The minimum absolute atomic E-state index is 0.170. The van der Waals surface area contributed by atoms with Crippen molar-refractivity contribution in [2.75, 3.05) is 0 Å². The number of hydrogen-bond donors (Lipinski definition) is 1. The lowest BCUT2D eigenvalue weighted by molar-refractivity contribution is 0.596. The molecule has 4 nitrogen and oxygen atoms in total. The Morgan fingerprint density at radius 1 is 1.62 bits per heavy atom. The van der Waals surface area contributed by atoms with E-state index in [9.17, 15) is 8.42 Å². The van der Waals surface area contributed by atoms with E-state index in [1.54, 1.807) is 5.38 Å². The lowest BCUT2D eigenvalue weighted by Gasteiger charge is -1.96. The highest BCUT2D eigenvalue weighted by Gasteiger charge is 2.10. The summed E-state index contributed by atoms with van der Waals surface area (Å²) in [6.07, 6.45) is 0. The van der Waals surface area contributed by atoms with Gasteiger partial charge in [-0.1, -0.05) is 13.8 Å². The number of thiazole rings is 1. The van der Waals surface area contributed by atoms with Crippen LogP contribution >= 0.6 is 11.3 Å². The van der Waals surface area contributed by atoms with Crippen molar-refractivity contribution in [2.24, 2.45) is 5.14 Å². The van der Waals surface area contributed by atoms with Gasteiger partial charge >= 0.3 is 0 Å². The maximum atomic E-state index is 10.7. The van der Waals surface area contributed by atoms with Crippen molar-refractivity contribution in [3.05, 3.63) is 16.1 Å². The molecule has 0 amide bonds. The van der Waals surface area contributed by atoms with Crippen molar-refractivity contribution in [2.45, 2.75) is 25.5 Å². The second-order valence-electron chi connectivity index (χ2n) is 3.14. The summed E-state index contributed by atoms with van der Waals surface area (Å²) in [6, 6.07) is 0. The van der Waals surface area contributed by atoms with Gasteiger partial charge in [0.15, 0.2) is 0 Å². The number of nitrogens with zero attached hydrogens (tertiary/aromatic N) is 1. The van der Waals surface area contributed by atoms with E-state index >= 15 is 0 Å². The molecule has 1 aromatic rings. The second-order valence-corrected chi connectivity index (χ2v) is 5.64. The van der Waals surface area contributed by atoms with Crippen LogP contribution in [0.5, 0.6) is 0 Å². The van der Waals surface area contributed by atoms with Gasteiger partial charge in [0.1, 0.15) is 5.75 Å². The Morgan fingerprint density at radius 2 is 2.23 bits per heavy atom. The van der Waals surface area contributed by atoms with Gasteiger partial charge in [0.05, 0.1) is 10.7 Å². The molecule has 1 rings (SSSR count). The van der Waals surface area contributed by atoms with Crippen LogP contribution in [0.2, 0.25) is 0 Å². The minimum Gasteiger partial charge on any atom is -0.245 e. The third-order valence-corrected chi connectivity index (χ3v) is 3.30. The minimum atomic E-state index is -3.45. The van der Waals surface area contributed by atoms with E-state index in [0.717, 1.165) is 5.01 Å². The van der Waals surface area contributed by atoms with E-state index < -0.39 is 10.0 Å². The molecule has 1 aromatic heterocycles. The topological polar surface area (TPSA) is 73.0 Å². The van der Waals surface area contributed by atoms with Gasteiger partial charge in [-0.15, -0.1) is 11.3 Å². The van der Waals surface area contributed by atoms with Crippen LogP contribution < -0.4 is 5.14 Å². The summed E-state index contributed by atoms with van der Waals surface area (Å²) in [4.78, 5) is 4.15. The third kappa shape index (κ3) is 3.41. The fraction of sp³-hybridized carbons (Fsp3) is 0.571. The normalized spacial score (nSPS) is 12.3. The van der Waals surface area contributed by atoms with Gasteiger partial charge in [0, 0.05) is 11.3 Å². The van der Waals surface area contributed by atoms with Crippen LogP contribution in [0.15, 0.2) is 5.38 Å². The molecule has 0 aliphatic heterocycles. The molecule has 0 aromatic carbocycles. The van der Waals surface area contributed by atoms with Crippen LogP contribution in [0.3, 0.4) is 0 Å². The zero-order valence-electron chi connectivity index (χ0n) is 7.52. The third-order valence-electron chi connectivity index (χ3n) is 1.41. The monoisotopic (exact) mass is 220 g/mol. The smallest absolute Gasteiger partial charge is 0.214 e. The molecule has 0 unspecified atom stereocenters. The zero-order valence-corrected chi connectivity index (χ0v) is 9.15. The first kappa shape index (κ1) is 10.6. The molecule has 0 saturated carbocycles. The maximum Gasteiger partial charge on any atom is 0.214 e. The van der Waals surface area contributed by atoms with Gasteiger partial charge in [-0.05, 0) is 0 Å². The van der Waals surface area contributed by atoms with Crippen LogP contribution in [-0.4, -0.2) is 13.4 Å². The first-order chi connectivity index (χ1) is 5.88. The first-order valence-corrected chi connectivity index (χ1v) is 6.43. The molecule has 6 heteroatoms. The molecule has 13 heavy (non-hydrogen) atoms. The van der Waals surface area contributed by atoms with Gasteiger partial charge in [-0.3, -0.25) is 0 Å². The summed E-state index contributed by atoms with van der Waals surface area (Å²) >= 11 is 1.47. The van der Waals surface area contributed by atoms with E-state index in [-0.39, 0.29) is 5.75 Å². The number of aromatic nitrogens is 1. The largest absolute Gasteiger partial charge is 0.245 e. The fourth-order valence-electron chi connectivity index (χ4n) is 0.860. The van der Waals surface area contributed by atoms with Gasteiger partial charge < -0.3 is 0 Å². The van der Waals surface area contributed by atoms with Crippen LogP contribution in [0.4, 0.5) is 0 Å². The highest BCUT2D eigenvalue weighted by atomic mass is 32.2. The number of nitrogens with two attached hydrogens (primary N) is 1. The highest BCUT2D eigenvalue weighted by Crippen LogP contribution is 2.19. The Hall–Kier alpha value is -0.460. The predicted molar refractivity (Wildman–Crippen MR) is 53.0 cm³/mol. The maximum absolute atomic E-state index is 10.7. The SMILES string of the molecule is CC(C)c1nc(CS(N)(=O)=O)cs1. The van der Waals surface area contributed by atoms with Crippen molar-refractivity contribution >= 4 is 21.4 Å². The van der Waals surface area contributed by atoms with E-state index in [2.05, 4.69) is 4.98 Å². The Bertz CT molecular complexity index is 381. The van der Waals surface area contributed by atoms with Gasteiger partial charge in [-0.25, -0.2) is 18.5 Å². The summed E-state index contributed by atoms with van der Waals surface area (Å²) in [5.41, 5.74) is 0.538. The first-order valence-electron chi connectivity index (χ1n) is 3.83. The van der Waals surface area contributed by atoms with E-state index in [1.807, 2.05) is 13.8 Å². The standard InChI is InChI=1S/C7H12N2O2S2/c1-5(2)7-9-6(3-12-7)4-13(8,10)11/h3,5H,4H2,1-2H3,(H2,8,10,11). The van der Waals surface area contributed by atoms with E-state index in [1.165, 1.54) is 11.3 Å². The zero-order chi connectivity index (χ0) is 10.1. The summed E-state index contributed by atoms with van der Waals surface area (Å²) in [6.45, 7) is 4.03. The molecule has 0 spiro atoms. The predicted octanol–water partition coefficient (Wildman–Crippen LogP) is 1.06. The van der Waals surface area contributed by atoms with Crippen molar-refractivity contribution in [3.63, 3.8) is 0 Å². The molecule has 0 saturated heterocycles. The number of rotatable bonds is 3.